The number of esters is 1. The number of nitrogens with zero attached hydrogens (tertiary/aromatic N) is 2. The Morgan fingerprint density at radius 2 is 2.03 bits per heavy atom. The van der Waals surface area contributed by atoms with Crippen molar-refractivity contribution in [2.24, 2.45) is 0 Å². The summed E-state index contributed by atoms with van der Waals surface area (Å²) in [6.07, 6.45) is 1.40. The summed E-state index contributed by atoms with van der Waals surface area (Å²) in [5.74, 6) is -0.104. The molecule has 0 aliphatic carbocycles. The fourth-order valence-electron chi connectivity index (χ4n) is 2.86. The summed E-state index contributed by atoms with van der Waals surface area (Å²) in [5.41, 5.74) is 2.19. The summed E-state index contributed by atoms with van der Waals surface area (Å²) in [4.78, 5) is 25.6. The van der Waals surface area contributed by atoms with Gasteiger partial charge in [-0.1, -0.05) is 0 Å². The number of hydrogen-bond donors (Lipinski definition) is 2. The van der Waals surface area contributed by atoms with Crippen molar-refractivity contribution in [3.8, 4) is 11.8 Å². The number of ether oxygens (including phenoxy) is 2. The van der Waals surface area contributed by atoms with Crippen LogP contribution in [0.25, 0.3) is 17.0 Å². The molecule has 0 bridgehead atoms. The monoisotopic (exact) mass is 406 g/mol. The number of aromatic amines is 1. The number of fused-ring (bicyclic) bond motifs is 1. The van der Waals surface area contributed by atoms with Crippen molar-refractivity contribution in [1.82, 2.24) is 4.98 Å². The van der Waals surface area contributed by atoms with Crippen LogP contribution in [0.5, 0.6) is 5.75 Å². The highest BCUT2D eigenvalue weighted by atomic mass is 16.6. The van der Waals surface area contributed by atoms with E-state index in [9.17, 15) is 20.2 Å². The first-order chi connectivity index (χ1) is 14.5. The lowest BCUT2D eigenvalue weighted by atomic mass is 10.1. The molecule has 152 valence electrons. The van der Waals surface area contributed by atoms with Crippen LogP contribution in [-0.4, -0.2) is 29.6 Å². The minimum atomic E-state index is -0.725. The Kier molecular flexibility index (Phi) is 5.98. The maximum absolute atomic E-state index is 12.0. The van der Waals surface area contributed by atoms with Gasteiger partial charge in [-0.3, -0.25) is 10.1 Å². The summed E-state index contributed by atoms with van der Waals surface area (Å²) in [7, 11) is 1.55. The average molecular weight is 406 g/mol. The molecule has 0 spiro atoms. The Balaban J connectivity index is 2.11. The predicted octanol–water partition coefficient (Wildman–Crippen LogP) is 4.30. The third-order valence-corrected chi connectivity index (χ3v) is 4.29. The minimum absolute atomic E-state index is 0.0321. The van der Waals surface area contributed by atoms with Gasteiger partial charge in [-0.25, -0.2) is 4.79 Å². The lowest BCUT2D eigenvalue weighted by molar-refractivity contribution is -0.384. The smallest absolute Gasteiger partial charge is 0.348 e. The molecule has 0 fully saturated rings. The standard InChI is InChI=1S/C21H18N4O5/c1-3-30-21(26)13(12-22)10-19-20(17-11-16(29-2)8-9-18(17)24-19)23-14-4-6-15(7-5-14)25(27)28/h4-11,23-24H,3H2,1-2H3/b13-10-. The maximum atomic E-state index is 12.0. The molecule has 0 radical (unpaired) electrons. The zero-order chi connectivity index (χ0) is 21.7. The van der Waals surface area contributed by atoms with Gasteiger partial charge in [-0.2, -0.15) is 5.26 Å². The minimum Gasteiger partial charge on any atom is -0.497 e. The van der Waals surface area contributed by atoms with Crippen LogP contribution in [-0.2, 0) is 9.53 Å². The molecule has 3 rings (SSSR count). The van der Waals surface area contributed by atoms with Gasteiger partial charge >= 0.3 is 5.97 Å². The van der Waals surface area contributed by atoms with E-state index in [-0.39, 0.29) is 17.9 Å². The van der Waals surface area contributed by atoms with Crippen LogP contribution in [0.2, 0.25) is 0 Å². The SMILES string of the molecule is CCOC(=O)/C(C#N)=C\c1[nH]c2ccc(OC)cc2c1Nc1ccc([N+](=O)[O-])cc1. The molecule has 0 unspecified atom stereocenters. The molecule has 0 saturated carbocycles. The molecular formula is C21H18N4O5. The van der Waals surface area contributed by atoms with E-state index in [1.165, 1.54) is 18.2 Å². The van der Waals surface area contributed by atoms with Crippen molar-refractivity contribution in [3.05, 3.63) is 63.8 Å². The fraction of sp³-hybridized carbons (Fsp3) is 0.143. The summed E-state index contributed by atoms with van der Waals surface area (Å²) >= 11 is 0. The second-order valence-corrected chi connectivity index (χ2v) is 6.14. The summed E-state index contributed by atoms with van der Waals surface area (Å²) in [5, 5.41) is 24.2. The molecule has 2 N–H and O–H groups in total. The van der Waals surface area contributed by atoms with E-state index in [0.29, 0.717) is 22.8 Å². The van der Waals surface area contributed by atoms with Gasteiger partial charge in [0.2, 0.25) is 0 Å². The first-order valence-electron chi connectivity index (χ1n) is 8.97. The molecule has 0 saturated heterocycles. The third-order valence-electron chi connectivity index (χ3n) is 4.29. The molecule has 0 aliphatic heterocycles. The number of nitrogens with one attached hydrogen (secondary N) is 2. The number of nitro benzene ring substituents is 1. The molecular weight excluding hydrogens is 388 g/mol. The zero-order valence-corrected chi connectivity index (χ0v) is 16.3. The Morgan fingerprint density at radius 3 is 2.63 bits per heavy atom. The first-order valence-corrected chi connectivity index (χ1v) is 8.97. The summed E-state index contributed by atoms with van der Waals surface area (Å²) < 4.78 is 10.2. The second kappa shape index (κ2) is 8.79. The van der Waals surface area contributed by atoms with Crippen LogP contribution in [0.15, 0.2) is 48.0 Å². The van der Waals surface area contributed by atoms with Crippen molar-refractivity contribution >= 4 is 40.0 Å². The largest absolute Gasteiger partial charge is 0.497 e. The Hall–Kier alpha value is -4.32. The summed E-state index contributed by atoms with van der Waals surface area (Å²) in [6, 6.07) is 13.1. The van der Waals surface area contributed by atoms with Crippen LogP contribution < -0.4 is 10.1 Å². The molecule has 9 nitrogen and oxygen atoms in total. The molecule has 3 aromatic rings. The molecule has 9 heteroatoms. The number of rotatable bonds is 7. The quantitative estimate of drug-likeness (QED) is 0.197. The molecule has 0 atom stereocenters. The molecule has 1 aromatic heterocycles. The topological polar surface area (TPSA) is 130 Å². The number of aromatic nitrogens is 1. The van der Waals surface area contributed by atoms with Crippen LogP contribution in [0, 0.1) is 21.4 Å². The molecule has 1 heterocycles. The molecule has 0 aliphatic rings. The van der Waals surface area contributed by atoms with Crippen molar-refractivity contribution in [3.63, 3.8) is 0 Å². The number of carbonyl (C=O) groups is 1. The van der Waals surface area contributed by atoms with Gasteiger partial charge in [0.25, 0.3) is 5.69 Å². The fourth-order valence-corrected chi connectivity index (χ4v) is 2.86. The van der Waals surface area contributed by atoms with Gasteiger partial charge in [0, 0.05) is 28.7 Å². The van der Waals surface area contributed by atoms with Crippen molar-refractivity contribution in [1.29, 1.82) is 5.26 Å². The number of hydrogen-bond acceptors (Lipinski definition) is 7. The normalized spacial score (nSPS) is 11.0. The first kappa shape index (κ1) is 20.4. The highest BCUT2D eigenvalue weighted by Crippen LogP contribution is 2.34. The van der Waals surface area contributed by atoms with Crippen LogP contribution >= 0.6 is 0 Å². The predicted molar refractivity (Wildman–Crippen MR) is 111 cm³/mol. The second-order valence-electron chi connectivity index (χ2n) is 6.14. The van der Waals surface area contributed by atoms with Crippen molar-refractivity contribution < 1.29 is 19.2 Å². The zero-order valence-electron chi connectivity index (χ0n) is 16.3. The maximum Gasteiger partial charge on any atom is 0.348 e. The number of H-pyrrole nitrogens is 1. The lowest BCUT2D eigenvalue weighted by Gasteiger charge is -2.08. The highest BCUT2D eigenvalue weighted by Gasteiger charge is 2.16. The Labute approximate surface area is 171 Å². The number of carbonyl (C=O) groups excluding carboxylic acids is 1. The van der Waals surface area contributed by atoms with E-state index < -0.39 is 10.9 Å². The number of benzene rings is 2. The van der Waals surface area contributed by atoms with E-state index in [1.54, 1.807) is 38.3 Å². The van der Waals surface area contributed by atoms with E-state index in [0.717, 1.165) is 10.9 Å². The third kappa shape index (κ3) is 4.23. The number of anilines is 2. The molecule has 30 heavy (non-hydrogen) atoms. The van der Waals surface area contributed by atoms with Gasteiger partial charge in [0.15, 0.2) is 0 Å². The van der Waals surface area contributed by atoms with E-state index in [1.807, 2.05) is 12.1 Å². The number of non-ortho nitro benzene ring substituents is 1. The van der Waals surface area contributed by atoms with Crippen molar-refractivity contribution in [2.45, 2.75) is 6.92 Å². The molecule has 0 amide bonds. The highest BCUT2D eigenvalue weighted by molar-refractivity contribution is 6.04. The Bertz CT molecular complexity index is 1170. The van der Waals surface area contributed by atoms with E-state index in [4.69, 9.17) is 9.47 Å². The van der Waals surface area contributed by atoms with Crippen LogP contribution in [0.4, 0.5) is 17.1 Å². The van der Waals surface area contributed by atoms with Crippen LogP contribution in [0.3, 0.4) is 0 Å². The van der Waals surface area contributed by atoms with Gasteiger partial charge < -0.3 is 19.8 Å². The van der Waals surface area contributed by atoms with Gasteiger partial charge in [-0.05, 0) is 43.3 Å². The molecule has 2 aromatic carbocycles. The Morgan fingerprint density at radius 1 is 1.30 bits per heavy atom. The van der Waals surface area contributed by atoms with Crippen LogP contribution in [0.1, 0.15) is 12.6 Å². The van der Waals surface area contributed by atoms with E-state index >= 15 is 0 Å². The van der Waals surface area contributed by atoms with Gasteiger partial charge in [0.1, 0.15) is 17.4 Å². The van der Waals surface area contributed by atoms with E-state index in [2.05, 4.69) is 10.3 Å². The van der Waals surface area contributed by atoms with Gasteiger partial charge in [-0.15, -0.1) is 0 Å². The van der Waals surface area contributed by atoms with Crippen molar-refractivity contribution in [2.75, 3.05) is 19.0 Å². The number of methoxy groups -OCH3 is 1. The average Bonchev–Trinajstić information content (AvgIpc) is 3.08. The number of nitro groups is 1. The van der Waals surface area contributed by atoms with Gasteiger partial charge in [0.05, 0.1) is 30.0 Å². The number of nitriles is 1. The summed E-state index contributed by atoms with van der Waals surface area (Å²) in [6.45, 7) is 1.80. The lowest BCUT2D eigenvalue weighted by Crippen LogP contribution is -2.06.